The van der Waals surface area contributed by atoms with E-state index in [1.54, 1.807) is 25.3 Å². The van der Waals surface area contributed by atoms with Gasteiger partial charge in [-0.15, -0.1) is 0 Å². The predicted molar refractivity (Wildman–Crippen MR) is 140 cm³/mol. The van der Waals surface area contributed by atoms with Crippen molar-refractivity contribution in [1.82, 2.24) is 20.7 Å². The van der Waals surface area contributed by atoms with Gasteiger partial charge in [0.05, 0.1) is 17.9 Å². The first-order valence-corrected chi connectivity index (χ1v) is 12.6. The summed E-state index contributed by atoms with van der Waals surface area (Å²) in [6.07, 6.45) is 3.12. The number of aryl methyl sites for hydroxylation is 1. The van der Waals surface area contributed by atoms with E-state index in [-0.39, 0.29) is 23.5 Å². The fourth-order valence-corrected chi connectivity index (χ4v) is 4.30. The molecule has 3 heterocycles. The molecule has 2 aliphatic heterocycles. The number of hydrogen-bond acceptors (Lipinski definition) is 6. The van der Waals surface area contributed by atoms with Crippen LogP contribution in [0.1, 0.15) is 24.2 Å². The summed E-state index contributed by atoms with van der Waals surface area (Å²) in [5.74, 6) is 0.557. The average molecular weight is 540 g/mol. The maximum absolute atomic E-state index is 14.8. The van der Waals surface area contributed by atoms with Crippen LogP contribution in [-0.2, 0) is 16.1 Å². The zero-order chi connectivity index (χ0) is 26.5. The maximum Gasteiger partial charge on any atom is 0.259 e. The lowest BCUT2D eigenvalue weighted by molar-refractivity contribution is -0.127. The Morgan fingerprint density at radius 1 is 1.24 bits per heavy atom. The van der Waals surface area contributed by atoms with Gasteiger partial charge in [-0.1, -0.05) is 23.7 Å². The third-order valence-electron chi connectivity index (χ3n) is 6.17. The third-order valence-corrected chi connectivity index (χ3v) is 6.42. The van der Waals surface area contributed by atoms with Crippen molar-refractivity contribution in [3.05, 3.63) is 82.6 Å². The van der Waals surface area contributed by atoms with Crippen LogP contribution in [0, 0.1) is 18.7 Å². The molecule has 0 saturated carbocycles. The minimum atomic E-state index is -0.590. The Morgan fingerprint density at radius 2 is 2.03 bits per heavy atom. The summed E-state index contributed by atoms with van der Waals surface area (Å²) < 4.78 is 30.6. The van der Waals surface area contributed by atoms with Crippen LogP contribution in [0.25, 0.3) is 0 Å². The Kier molecular flexibility index (Phi) is 7.90. The van der Waals surface area contributed by atoms with Gasteiger partial charge in [0, 0.05) is 49.0 Å². The van der Waals surface area contributed by atoms with Crippen molar-refractivity contribution in [1.29, 1.82) is 0 Å². The van der Waals surface area contributed by atoms with E-state index in [0.29, 0.717) is 67.3 Å². The molecule has 0 spiro atoms. The van der Waals surface area contributed by atoms with Crippen LogP contribution < -0.4 is 15.4 Å². The molecule has 1 aromatic heterocycles. The molecular formula is C27H27ClFN5O4. The van der Waals surface area contributed by atoms with Crippen molar-refractivity contribution in [3.63, 3.8) is 0 Å². The third kappa shape index (κ3) is 6.51. The van der Waals surface area contributed by atoms with Gasteiger partial charge in [0.25, 0.3) is 5.88 Å². The Balaban J connectivity index is 1.35. The fraction of sp³-hybridized carbons (Fsp3) is 0.296. The molecule has 38 heavy (non-hydrogen) atoms. The molecule has 198 valence electrons. The number of hydrogen-bond donors (Lipinski definition) is 2. The number of benzene rings is 2. The van der Waals surface area contributed by atoms with Crippen molar-refractivity contribution < 1.29 is 23.2 Å². The molecule has 0 atom stereocenters. The molecule has 5 rings (SSSR count). The molecule has 2 aromatic carbocycles. The van der Waals surface area contributed by atoms with Gasteiger partial charge in [-0.25, -0.2) is 9.38 Å². The summed E-state index contributed by atoms with van der Waals surface area (Å²) in [6, 6.07) is 13.5. The molecule has 3 aromatic rings. The number of aliphatic imine (C=N–C) groups is 1. The summed E-state index contributed by atoms with van der Waals surface area (Å²) in [6.45, 7) is 3.79. The lowest BCUT2D eigenvalue weighted by Gasteiger charge is -2.32. The number of rotatable bonds is 7. The SMILES string of the molecule is Cc1cc(Oc2ccc(/N=C3\NC=C(NC(=O)C4CCOCC4)CN3Cc3ccc(Cl)cc3)cc2F)no1. The van der Waals surface area contributed by atoms with Crippen LogP contribution >= 0.6 is 11.6 Å². The smallest absolute Gasteiger partial charge is 0.259 e. The predicted octanol–water partition coefficient (Wildman–Crippen LogP) is 5.04. The van der Waals surface area contributed by atoms with Crippen molar-refractivity contribution in [3.8, 4) is 11.6 Å². The van der Waals surface area contributed by atoms with Crippen LogP contribution in [0.2, 0.25) is 5.02 Å². The molecule has 1 fully saturated rings. The van der Waals surface area contributed by atoms with Crippen LogP contribution in [0.5, 0.6) is 11.6 Å². The summed E-state index contributed by atoms with van der Waals surface area (Å²) in [4.78, 5) is 19.4. The number of nitrogens with one attached hydrogen (secondary N) is 2. The molecule has 2 aliphatic rings. The van der Waals surface area contributed by atoms with Gasteiger partial charge in [0.1, 0.15) is 5.76 Å². The standard InChI is InChI=1S/C27H27ClFN5O4/c1-17-12-25(33-38-17)37-24-7-6-21(13-23(24)29)32-27-30-14-22(31-26(35)19-8-10-36-11-9-19)16-34(27)15-18-2-4-20(28)5-3-18/h2-7,12-14,19H,8-11,15-16H2,1H3,(H,30,32)(H,31,35). The highest BCUT2D eigenvalue weighted by atomic mass is 35.5. The fourth-order valence-electron chi connectivity index (χ4n) is 4.18. The lowest BCUT2D eigenvalue weighted by Crippen LogP contribution is -2.47. The Morgan fingerprint density at radius 3 is 2.74 bits per heavy atom. The highest BCUT2D eigenvalue weighted by molar-refractivity contribution is 6.30. The first kappa shape index (κ1) is 25.7. The van der Waals surface area contributed by atoms with Gasteiger partial charge in [-0.3, -0.25) is 4.79 Å². The molecule has 9 nitrogen and oxygen atoms in total. The van der Waals surface area contributed by atoms with Gasteiger partial charge < -0.3 is 29.5 Å². The van der Waals surface area contributed by atoms with E-state index in [4.69, 9.17) is 25.6 Å². The zero-order valence-corrected chi connectivity index (χ0v) is 21.5. The summed E-state index contributed by atoms with van der Waals surface area (Å²) >= 11 is 6.05. The number of guanidine groups is 1. The molecule has 0 aliphatic carbocycles. The normalized spacial score (nSPS) is 17.2. The summed E-state index contributed by atoms with van der Waals surface area (Å²) in [5, 5.41) is 10.6. The van der Waals surface area contributed by atoms with Gasteiger partial charge >= 0.3 is 0 Å². The first-order chi connectivity index (χ1) is 18.4. The summed E-state index contributed by atoms with van der Waals surface area (Å²) in [5.41, 5.74) is 2.10. The molecule has 1 saturated heterocycles. The molecule has 0 bridgehead atoms. The quantitative estimate of drug-likeness (QED) is 0.433. The van der Waals surface area contributed by atoms with E-state index < -0.39 is 5.82 Å². The monoisotopic (exact) mass is 539 g/mol. The van der Waals surface area contributed by atoms with Gasteiger partial charge in [0.15, 0.2) is 11.6 Å². The van der Waals surface area contributed by atoms with Crippen molar-refractivity contribution >= 4 is 29.2 Å². The molecule has 0 unspecified atom stereocenters. The van der Waals surface area contributed by atoms with E-state index in [2.05, 4.69) is 20.8 Å². The second kappa shape index (κ2) is 11.7. The van der Waals surface area contributed by atoms with Crippen LogP contribution in [0.15, 0.2) is 69.9 Å². The van der Waals surface area contributed by atoms with E-state index in [0.717, 1.165) is 5.56 Å². The van der Waals surface area contributed by atoms with E-state index in [1.165, 1.54) is 12.1 Å². The van der Waals surface area contributed by atoms with Crippen LogP contribution in [0.3, 0.4) is 0 Å². The van der Waals surface area contributed by atoms with Crippen molar-refractivity contribution in [2.24, 2.45) is 10.9 Å². The molecular weight excluding hydrogens is 513 g/mol. The topological polar surface area (TPSA) is 101 Å². The van der Waals surface area contributed by atoms with E-state index >= 15 is 0 Å². The molecule has 2 N–H and O–H groups in total. The second-order valence-corrected chi connectivity index (χ2v) is 9.54. The molecule has 11 heteroatoms. The number of ether oxygens (including phenoxy) is 2. The first-order valence-electron chi connectivity index (χ1n) is 12.3. The van der Waals surface area contributed by atoms with Crippen molar-refractivity contribution in [2.45, 2.75) is 26.3 Å². The lowest BCUT2D eigenvalue weighted by atomic mass is 9.99. The zero-order valence-electron chi connectivity index (χ0n) is 20.7. The Labute approximate surface area is 224 Å². The average Bonchev–Trinajstić information content (AvgIpc) is 3.33. The van der Waals surface area contributed by atoms with Gasteiger partial charge in [-0.2, -0.15) is 0 Å². The van der Waals surface area contributed by atoms with E-state index in [1.807, 2.05) is 29.2 Å². The minimum Gasteiger partial charge on any atom is -0.433 e. The van der Waals surface area contributed by atoms with Gasteiger partial charge in [-0.05, 0) is 54.8 Å². The summed E-state index contributed by atoms with van der Waals surface area (Å²) in [7, 11) is 0. The Bertz CT molecular complexity index is 1350. The van der Waals surface area contributed by atoms with Crippen LogP contribution in [0.4, 0.5) is 10.1 Å². The number of halogens is 2. The van der Waals surface area contributed by atoms with Crippen molar-refractivity contribution in [2.75, 3.05) is 19.8 Å². The number of carbonyl (C=O) groups excluding carboxylic acids is 1. The largest absolute Gasteiger partial charge is 0.433 e. The number of amides is 1. The molecule has 1 amide bonds. The minimum absolute atomic E-state index is 0.00915. The number of nitrogens with zero attached hydrogens (tertiary/aromatic N) is 3. The van der Waals surface area contributed by atoms with Gasteiger partial charge in [0.2, 0.25) is 11.9 Å². The van der Waals surface area contributed by atoms with E-state index in [9.17, 15) is 9.18 Å². The van der Waals surface area contributed by atoms with Crippen LogP contribution in [-0.4, -0.2) is 41.7 Å². The highest BCUT2D eigenvalue weighted by Gasteiger charge is 2.25. The number of aromatic nitrogens is 1. The Hall–Kier alpha value is -3.89. The maximum atomic E-state index is 14.8. The second-order valence-electron chi connectivity index (χ2n) is 9.10. The highest BCUT2D eigenvalue weighted by Crippen LogP contribution is 2.28. The number of carbonyl (C=O) groups is 1. The molecule has 0 radical (unpaired) electrons.